The van der Waals surface area contributed by atoms with Crippen LogP contribution in [0.5, 0.6) is 0 Å². The van der Waals surface area contributed by atoms with Crippen LogP contribution in [0.25, 0.3) is 0 Å². The van der Waals surface area contributed by atoms with E-state index in [1.54, 1.807) is 0 Å². The molecule has 0 aromatic heterocycles. The Bertz CT molecular complexity index is 616. The van der Waals surface area contributed by atoms with Crippen LogP contribution in [-0.2, 0) is 14.6 Å². The van der Waals surface area contributed by atoms with E-state index in [4.69, 9.17) is 9.73 Å². The van der Waals surface area contributed by atoms with Crippen molar-refractivity contribution in [3.05, 3.63) is 0 Å². The Balaban J connectivity index is 1.39. The fraction of sp³-hybridized carbons (Fsp3) is 0.950. The largest absolute Gasteiger partial charge is 0.376 e. The average molecular weight is 398 g/mol. The zero-order valence-corrected chi connectivity index (χ0v) is 17.3. The number of nitrogens with one attached hydrogen (secondary N) is 1. The minimum atomic E-state index is -2.83. The lowest BCUT2D eigenvalue weighted by atomic mass is 9.82. The Kier molecular flexibility index (Phi) is 6.27. The normalized spacial score (nSPS) is 36.6. The van der Waals surface area contributed by atoms with E-state index in [-0.39, 0.29) is 12.0 Å². The smallest absolute Gasteiger partial charge is 0.194 e. The number of likely N-dealkylation sites (tertiary alicyclic amines) is 1. The van der Waals surface area contributed by atoms with Crippen LogP contribution >= 0.6 is 0 Å². The summed E-state index contributed by atoms with van der Waals surface area (Å²) in [6, 6.07) is 0. The zero-order valence-electron chi connectivity index (χ0n) is 16.4. The molecule has 6 nitrogen and oxygen atoms in total. The van der Waals surface area contributed by atoms with Crippen molar-refractivity contribution in [2.24, 2.45) is 22.7 Å². The topological polar surface area (TPSA) is 71.0 Å². The molecule has 4 aliphatic rings. The summed E-state index contributed by atoms with van der Waals surface area (Å²) in [6.45, 7) is 4.51. The summed E-state index contributed by atoms with van der Waals surface area (Å²) in [5, 5.41) is 3.59. The van der Waals surface area contributed by atoms with Crippen LogP contribution in [0.2, 0.25) is 0 Å². The molecule has 0 bridgehead atoms. The van der Waals surface area contributed by atoms with Crippen LogP contribution in [-0.4, -0.2) is 69.7 Å². The van der Waals surface area contributed by atoms with Crippen LogP contribution in [0.4, 0.5) is 0 Å². The van der Waals surface area contributed by atoms with Gasteiger partial charge in [0.25, 0.3) is 0 Å². The highest BCUT2D eigenvalue weighted by molar-refractivity contribution is 7.91. The van der Waals surface area contributed by atoms with E-state index < -0.39 is 9.84 Å². The number of fused-ring (bicyclic) bond motifs is 1. The second-order valence-corrected chi connectivity index (χ2v) is 11.2. The lowest BCUT2D eigenvalue weighted by molar-refractivity contribution is 0.0191. The van der Waals surface area contributed by atoms with E-state index in [9.17, 15) is 8.42 Å². The molecule has 154 valence electrons. The van der Waals surface area contributed by atoms with Crippen LogP contribution in [0.3, 0.4) is 0 Å². The minimum Gasteiger partial charge on any atom is -0.376 e. The summed E-state index contributed by atoms with van der Waals surface area (Å²) in [5.41, 5.74) is 0. The van der Waals surface area contributed by atoms with Crippen LogP contribution in [0.1, 0.15) is 51.4 Å². The minimum absolute atomic E-state index is 0.183. The van der Waals surface area contributed by atoms with Crippen molar-refractivity contribution < 1.29 is 13.2 Å². The van der Waals surface area contributed by atoms with Crippen molar-refractivity contribution in [1.82, 2.24) is 10.2 Å². The van der Waals surface area contributed by atoms with Crippen LogP contribution in [0, 0.1) is 17.8 Å². The molecule has 0 aromatic rings. The Morgan fingerprint density at radius 3 is 2.41 bits per heavy atom. The van der Waals surface area contributed by atoms with Gasteiger partial charge >= 0.3 is 0 Å². The monoisotopic (exact) mass is 397 g/mol. The van der Waals surface area contributed by atoms with Gasteiger partial charge in [0.15, 0.2) is 15.8 Å². The van der Waals surface area contributed by atoms with E-state index in [0.717, 1.165) is 56.9 Å². The van der Waals surface area contributed by atoms with Crippen molar-refractivity contribution >= 4 is 15.8 Å². The first-order chi connectivity index (χ1) is 13.1. The van der Waals surface area contributed by atoms with Gasteiger partial charge in [0.05, 0.1) is 17.6 Å². The predicted octanol–water partition coefficient (Wildman–Crippen LogP) is 2.06. The van der Waals surface area contributed by atoms with E-state index in [1.165, 1.54) is 38.5 Å². The molecule has 1 saturated carbocycles. The number of guanidine groups is 1. The van der Waals surface area contributed by atoms with Gasteiger partial charge in [-0.15, -0.1) is 0 Å². The molecule has 0 aromatic carbocycles. The van der Waals surface area contributed by atoms with Gasteiger partial charge in [-0.2, -0.15) is 0 Å². The number of hydrogen-bond donors (Lipinski definition) is 1. The summed E-state index contributed by atoms with van der Waals surface area (Å²) in [7, 11) is -2.83. The molecule has 4 atom stereocenters. The first-order valence-electron chi connectivity index (χ1n) is 10.9. The third-order valence-corrected chi connectivity index (χ3v) is 8.70. The van der Waals surface area contributed by atoms with Crippen LogP contribution < -0.4 is 5.32 Å². The van der Waals surface area contributed by atoms with E-state index >= 15 is 0 Å². The Morgan fingerprint density at radius 1 is 1.04 bits per heavy atom. The lowest BCUT2D eigenvalue weighted by Crippen LogP contribution is -2.44. The van der Waals surface area contributed by atoms with Gasteiger partial charge in [0, 0.05) is 32.8 Å². The molecule has 3 aliphatic heterocycles. The number of sulfone groups is 1. The molecule has 4 rings (SSSR count). The molecular weight excluding hydrogens is 362 g/mol. The molecular formula is C20H35N3O3S. The standard InChI is InChI=1S/C20H35N3O3S/c24-27(25)10-8-16(15-27)11-21-20(22-12-19-7-3-4-9-26-19)23-13-17-5-1-2-6-18(17)14-23/h16-19H,1-15H2,(H,21,22). The third kappa shape index (κ3) is 5.17. The molecule has 4 fully saturated rings. The summed E-state index contributed by atoms with van der Waals surface area (Å²) < 4.78 is 29.4. The van der Waals surface area contributed by atoms with Crippen LogP contribution in [0.15, 0.2) is 4.99 Å². The van der Waals surface area contributed by atoms with Gasteiger partial charge in [-0.1, -0.05) is 12.8 Å². The molecule has 3 saturated heterocycles. The molecule has 1 N–H and O–H groups in total. The maximum atomic E-state index is 11.8. The lowest BCUT2D eigenvalue weighted by Gasteiger charge is -2.27. The Morgan fingerprint density at radius 2 is 1.78 bits per heavy atom. The number of ether oxygens (including phenoxy) is 1. The van der Waals surface area contributed by atoms with Gasteiger partial charge in [-0.25, -0.2) is 8.42 Å². The summed E-state index contributed by atoms with van der Waals surface area (Å²) >= 11 is 0. The highest BCUT2D eigenvalue weighted by Gasteiger charge is 2.36. The first kappa shape index (κ1) is 19.5. The van der Waals surface area contributed by atoms with Gasteiger partial charge in [0.2, 0.25) is 0 Å². The number of rotatable bonds is 4. The second kappa shape index (κ2) is 8.68. The number of hydrogen-bond acceptors (Lipinski definition) is 4. The van der Waals surface area contributed by atoms with Crippen molar-refractivity contribution in [2.75, 3.05) is 44.3 Å². The maximum absolute atomic E-state index is 11.8. The van der Waals surface area contributed by atoms with E-state index in [2.05, 4.69) is 10.2 Å². The van der Waals surface area contributed by atoms with Crippen molar-refractivity contribution in [1.29, 1.82) is 0 Å². The SMILES string of the molecule is O=S1(=O)CCC(CN=C(NCC2CCCCO2)N2CC3CCCCC3C2)C1. The van der Waals surface area contributed by atoms with Crippen molar-refractivity contribution in [2.45, 2.75) is 57.5 Å². The van der Waals surface area contributed by atoms with Crippen molar-refractivity contribution in [3.63, 3.8) is 0 Å². The molecule has 4 unspecified atom stereocenters. The van der Waals surface area contributed by atoms with Gasteiger partial charge in [0.1, 0.15) is 0 Å². The zero-order chi connectivity index (χ0) is 18.7. The molecule has 0 spiro atoms. The Labute approximate surface area is 164 Å². The van der Waals surface area contributed by atoms with E-state index in [0.29, 0.717) is 18.1 Å². The third-order valence-electron chi connectivity index (χ3n) is 6.86. The molecule has 3 heterocycles. The summed E-state index contributed by atoms with van der Waals surface area (Å²) in [6.07, 6.45) is 10.00. The van der Waals surface area contributed by atoms with Gasteiger partial charge in [-0.3, -0.25) is 4.99 Å². The maximum Gasteiger partial charge on any atom is 0.194 e. The van der Waals surface area contributed by atoms with Gasteiger partial charge in [-0.05, 0) is 56.3 Å². The average Bonchev–Trinajstić information content (AvgIpc) is 3.25. The number of aliphatic imine (C=N–C) groups is 1. The Hall–Kier alpha value is -0.820. The van der Waals surface area contributed by atoms with Gasteiger partial charge < -0.3 is 15.0 Å². The highest BCUT2D eigenvalue weighted by atomic mass is 32.2. The fourth-order valence-corrected chi connectivity index (χ4v) is 7.10. The molecule has 0 amide bonds. The predicted molar refractivity (Wildman–Crippen MR) is 108 cm³/mol. The molecule has 0 radical (unpaired) electrons. The van der Waals surface area contributed by atoms with E-state index in [1.807, 2.05) is 0 Å². The first-order valence-corrected chi connectivity index (χ1v) is 12.8. The summed E-state index contributed by atoms with van der Waals surface area (Å²) in [4.78, 5) is 7.34. The quantitative estimate of drug-likeness (QED) is 0.581. The fourth-order valence-electron chi connectivity index (χ4n) is 5.25. The second-order valence-electron chi connectivity index (χ2n) is 9.01. The summed E-state index contributed by atoms with van der Waals surface area (Å²) in [5.74, 6) is 3.43. The number of nitrogens with zero attached hydrogens (tertiary/aromatic N) is 2. The highest BCUT2D eigenvalue weighted by Crippen LogP contribution is 2.36. The molecule has 27 heavy (non-hydrogen) atoms. The van der Waals surface area contributed by atoms with Crippen molar-refractivity contribution in [3.8, 4) is 0 Å². The molecule has 7 heteroatoms. The molecule has 1 aliphatic carbocycles.